The highest BCUT2D eigenvalue weighted by Gasteiger charge is 2.08. The van der Waals surface area contributed by atoms with Gasteiger partial charge in [-0.25, -0.2) is 0 Å². The lowest BCUT2D eigenvalue weighted by Gasteiger charge is -2.23. The summed E-state index contributed by atoms with van der Waals surface area (Å²) in [6.07, 6.45) is 0. The van der Waals surface area contributed by atoms with Gasteiger partial charge in [-0.1, -0.05) is 18.2 Å². The van der Waals surface area contributed by atoms with Crippen LogP contribution in [-0.2, 0) is 6.54 Å². The van der Waals surface area contributed by atoms with Crippen molar-refractivity contribution in [3.8, 4) is 0 Å². The first-order chi connectivity index (χ1) is 9.11. The van der Waals surface area contributed by atoms with Crippen LogP contribution in [0.2, 0.25) is 0 Å². The van der Waals surface area contributed by atoms with Gasteiger partial charge in [0, 0.05) is 27.7 Å². The predicted octanol–water partition coefficient (Wildman–Crippen LogP) is 4.82. The zero-order chi connectivity index (χ0) is 13.8. The standard InChI is InChI=1S/C15H16Br2N2/c1-2-19(12-6-4-3-5-7-12)10-11-8-13(16)15(18)14(17)9-11/h3-9H,2,10,18H2,1H3. The third-order valence-electron chi connectivity index (χ3n) is 3.02. The number of nitrogens with zero attached hydrogens (tertiary/aromatic N) is 1. The van der Waals surface area contributed by atoms with Gasteiger partial charge in [-0.3, -0.25) is 0 Å². The molecule has 4 heteroatoms. The Morgan fingerprint density at radius 2 is 1.63 bits per heavy atom. The summed E-state index contributed by atoms with van der Waals surface area (Å²) in [5.41, 5.74) is 9.11. The van der Waals surface area contributed by atoms with E-state index in [2.05, 4.69) is 80.1 Å². The van der Waals surface area contributed by atoms with Crippen LogP contribution in [-0.4, -0.2) is 6.54 Å². The molecule has 100 valence electrons. The number of nitrogens with two attached hydrogens (primary N) is 1. The van der Waals surface area contributed by atoms with Crippen LogP contribution in [0, 0.1) is 0 Å². The highest BCUT2D eigenvalue weighted by atomic mass is 79.9. The molecule has 2 N–H and O–H groups in total. The summed E-state index contributed by atoms with van der Waals surface area (Å²) >= 11 is 6.98. The van der Waals surface area contributed by atoms with Crippen LogP contribution < -0.4 is 10.6 Å². The molecule has 2 rings (SSSR count). The van der Waals surface area contributed by atoms with Crippen molar-refractivity contribution in [3.63, 3.8) is 0 Å². The molecule has 0 fully saturated rings. The zero-order valence-corrected chi connectivity index (χ0v) is 13.9. The third-order valence-corrected chi connectivity index (χ3v) is 4.33. The minimum Gasteiger partial charge on any atom is -0.397 e. The zero-order valence-electron chi connectivity index (χ0n) is 10.7. The van der Waals surface area contributed by atoms with Crippen molar-refractivity contribution in [2.45, 2.75) is 13.5 Å². The second-order valence-corrected chi connectivity index (χ2v) is 6.03. The van der Waals surface area contributed by atoms with E-state index in [1.807, 2.05) is 6.07 Å². The third kappa shape index (κ3) is 3.51. The number of anilines is 2. The molecule has 0 radical (unpaired) electrons. The van der Waals surface area contributed by atoms with Gasteiger partial charge >= 0.3 is 0 Å². The summed E-state index contributed by atoms with van der Waals surface area (Å²) in [5, 5.41) is 0. The van der Waals surface area contributed by atoms with Crippen LogP contribution in [0.3, 0.4) is 0 Å². The smallest absolute Gasteiger partial charge is 0.0603 e. The molecule has 0 heterocycles. The topological polar surface area (TPSA) is 29.3 Å². The van der Waals surface area contributed by atoms with Gasteiger partial charge in [-0.15, -0.1) is 0 Å². The van der Waals surface area contributed by atoms with E-state index in [9.17, 15) is 0 Å². The summed E-state index contributed by atoms with van der Waals surface area (Å²) < 4.78 is 1.86. The van der Waals surface area contributed by atoms with Crippen LogP contribution in [0.1, 0.15) is 12.5 Å². The van der Waals surface area contributed by atoms with Crippen molar-refractivity contribution in [1.82, 2.24) is 0 Å². The fraction of sp³-hybridized carbons (Fsp3) is 0.200. The fourth-order valence-corrected chi connectivity index (χ4v) is 3.25. The van der Waals surface area contributed by atoms with Crippen molar-refractivity contribution < 1.29 is 0 Å². The van der Waals surface area contributed by atoms with Gasteiger partial charge in [0.1, 0.15) is 0 Å². The molecule has 19 heavy (non-hydrogen) atoms. The molecule has 0 unspecified atom stereocenters. The largest absolute Gasteiger partial charge is 0.397 e. The summed E-state index contributed by atoms with van der Waals surface area (Å²) in [6.45, 7) is 3.98. The molecule has 2 aromatic carbocycles. The van der Waals surface area contributed by atoms with Crippen molar-refractivity contribution in [1.29, 1.82) is 0 Å². The monoisotopic (exact) mass is 382 g/mol. The molecular formula is C15H16Br2N2. The van der Waals surface area contributed by atoms with Crippen molar-refractivity contribution in [2.75, 3.05) is 17.2 Å². The molecule has 0 aliphatic carbocycles. The van der Waals surface area contributed by atoms with E-state index in [0.29, 0.717) is 0 Å². The van der Waals surface area contributed by atoms with E-state index < -0.39 is 0 Å². The number of hydrogen-bond donors (Lipinski definition) is 1. The molecule has 2 nitrogen and oxygen atoms in total. The molecule has 0 saturated heterocycles. The SMILES string of the molecule is CCN(Cc1cc(Br)c(N)c(Br)c1)c1ccccc1. The Hall–Kier alpha value is -1.00. The van der Waals surface area contributed by atoms with E-state index >= 15 is 0 Å². The number of hydrogen-bond acceptors (Lipinski definition) is 2. The first-order valence-corrected chi connectivity index (χ1v) is 7.73. The molecule has 0 aromatic heterocycles. The van der Waals surface area contributed by atoms with Crippen molar-refractivity contribution >= 4 is 43.2 Å². The van der Waals surface area contributed by atoms with Crippen molar-refractivity contribution in [3.05, 3.63) is 57.0 Å². The highest BCUT2D eigenvalue weighted by Crippen LogP contribution is 2.30. The van der Waals surface area contributed by atoms with Crippen LogP contribution >= 0.6 is 31.9 Å². The molecule has 0 spiro atoms. The van der Waals surface area contributed by atoms with E-state index in [0.717, 1.165) is 27.7 Å². The summed E-state index contributed by atoms with van der Waals surface area (Å²) in [6, 6.07) is 14.6. The Labute approximate surface area is 130 Å². The predicted molar refractivity (Wildman–Crippen MR) is 89.4 cm³/mol. The Morgan fingerprint density at radius 3 is 2.16 bits per heavy atom. The van der Waals surface area contributed by atoms with E-state index in [1.54, 1.807) is 0 Å². The maximum atomic E-state index is 5.92. The number of para-hydroxylation sites is 1. The van der Waals surface area contributed by atoms with Crippen molar-refractivity contribution in [2.24, 2.45) is 0 Å². The molecule has 0 atom stereocenters. The van der Waals surface area contributed by atoms with Crippen LogP contribution in [0.4, 0.5) is 11.4 Å². The lowest BCUT2D eigenvalue weighted by atomic mass is 10.2. The van der Waals surface area contributed by atoms with E-state index in [4.69, 9.17) is 5.73 Å². The lowest BCUT2D eigenvalue weighted by Crippen LogP contribution is -2.21. The average molecular weight is 384 g/mol. The summed E-state index contributed by atoms with van der Waals surface area (Å²) in [4.78, 5) is 2.32. The maximum absolute atomic E-state index is 5.92. The first-order valence-electron chi connectivity index (χ1n) is 6.15. The van der Waals surface area contributed by atoms with Crippen LogP contribution in [0.15, 0.2) is 51.4 Å². The van der Waals surface area contributed by atoms with Gasteiger partial charge in [0.2, 0.25) is 0 Å². The average Bonchev–Trinajstić information content (AvgIpc) is 2.43. The van der Waals surface area contributed by atoms with Crippen LogP contribution in [0.5, 0.6) is 0 Å². The van der Waals surface area contributed by atoms with Gasteiger partial charge in [-0.05, 0) is 68.6 Å². The normalized spacial score (nSPS) is 10.5. The van der Waals surface area contributed by atoms with Gasteiger partial charge in [0.25, 0.3) is 0 Å². The molecule has 2 aromatic rings. The lowest BCUT2D eigenvalue weighted by molar-refractivity contribution is 0.831. The molecule has 0 saturated carbocycles. The molecule has 0 aliphatic rings. The van der Waals surface area contributed by atoms with Gasteiger partial charge in [0.15, 0.2) is 0 Å². The molecular weight excluding hydrogens is 368 g/mol. The van der Waals surface area contributed by atoms with E-state index in [1.165, 1.54) is 11.3 Å². The van der Waals surface area contributed by atoms with Gasteiger partial charge in [-0.2, -0.15) is 0 Å². The molecule has 0 aliphatic heterocycles. The molecule has 0 amide bonds. The highest BCUT2D eigenvalue weighted by molar-refractivity contribution is 9.11. The number of rotatable bonds is 4. The second-order valence-electron chi connectivity index (χ2n) is 4.32. The first kappa shape index (κ1) is 14.4. The Balaban J connectivity index is 2.24. The van der Waals surface area contributed by atoms with Crippen LogP contribution in [0.25, 0.3) is 0 Å². The summed E-state index contributed by atoms with van der Waals surface area (Å²) in [7, 11) is 0. The van der Waals surface area contributed by atoms with E-state index in [-0.39, 0.29) is 0 Å². The Bertz CT molecular complexity index is 532. The summed E-state index contributed by atoms with van der Waals surface area (Å²) in [5.74, 6) is 0. The Morgan fingerprint density at radius 1 is 1.05 bits per heavy atom. The molecule has 0 bridgehead atoms. The quantitative estimate of drug-likeness (QED) is 0.766. The van der Waals surface area contributed by atoms with Gasteiger partial charge in [0.05, 0.1) is 5.69 Å². The number of halogens is 2. The minimum atomic E-state index is 0.742. The number of benzene rings is 2. The van der Waals surface area contributed by atoms with Gasteiger partial charge < -0.3 is 10.6 Å². The fourth-order valence-electron chi connectivity index (χ4n) is 1.97. The number of nitrogen functional groups attached to an aromatic ring is 1. The minimum absolute atomic E-state index is 0.742. The maximum Gasteiger partial charge on any atom is 0.0603 e. The Kier molecular flexibility index (Phi) is 4.88. The second kappa shape index (κ2) is 6.44.